The molecule has 0 bridgehead atoms. The van der Waals surface area contributed by atoms with Gasteiger partial charge in [0, 0.05) is 13.7 Å². The summed E-state index contributed by atoms with van der Waals surface area (Å²) in [6, 6.07) is 0. The highest BCUT2D eigenvalue weighted by Crippen LogP contribution is 2.17. The molecule has 0 spiro atoms. The van der Waals surface area contributed by atoms with E-state index in [4.69, 9.17) is 4.74 Å². The van der Waals surface area contributed by atoms with Crippen LogP contribution in [0.3, 0.4) is 0 Å². The molecule has 1 N–H and O–H groups in total. The Hall–Kier alpha value is -1.15. The molecule has 0 aliphatic carbocycles. The van der Waals surface area contributed by atoms with E-state index in [2.05, 4.69) is 15.4 Å². The van der Waals surface area contributed by atoms with Crippen molar-refractivity contribution in [3.05, 3.63) is 12.2 Å². The van der Waals surface area contributed by atoms with Gasteiger partial charge < -0.3 is 10.1 Å². The number of halogens is 3. The molecule has 0 saturated carbocycles. The van der Waals surface area contributed by atoms with E-state index in [1.54, 1.807) is 7.11 Å². The molecular formula is C8H13F3N4O. The standard InChI is InChI=1S/C8H13F3N4O/c1-16-3-2-12-4-7-13-6-14-15(7)5-8(9,10)11/h6,12H,2-5H2,1H3. The van der Waals surface area contributed by atoms with Gasteiger partial charge in [-0.1, -0.05) is 0 Å². The lowest BCUT2D eigenvalue weighted by atomic mass is 10.5. The highest BCUT2D eigenvalue weighted by molar-refractivity contribution is 4.84. The van der Waals surface area contributed by atoms with Gasteiger partial charge in [0.25, 0.3) is 0 Å². The average molecular weight is 238 g/mol. The van der Waals surface area contributed by atoms with Crippen LogP contribution in [0, 0.1) is 0 Å². The Morgan fingerprint density at radius 1 is 1.50 bits per heavy atom. The van der Waals surface area contributed by atoms with E-state index in [1.807, 2.05) is 0 Å². The van der Waals surface area contributed by atoms with E-state index >= 15 is 0 Å². The van der Waals surface area contributed by atoms with Crippen LogP contribution < -0.4 is 5.32 Å². The normalized spacial score (nSPS) is 12.0. The second-order valence-corrected chi connectivity index (χ2v) is 3.12. The van der Waals surface area contributed by atoms with Crippen molar-refractivity contribution >= 4 is 0 Å². The molecule has 0 aromatic carbocycles. The van der Waals surface area contributed by atoms with Crippen LogP contribution in [0.25, 0.3) is 0 Å². The topological polar surface area (TPSA) is 52.0 Å². The Morgan fingerprint density at radius 3 is 2.88 bits per heavy atom. The summed E-state index contributed by atoms with van der Waals surface area (Å²) >= 11 is 0. The summed E-state index contributed by atoms with van der Waals surface area (Å²) in [5.41, 5.74) is 0. The number of nitrogens with zero attached hydrogens (tertiary/aromatic N) is 3. The Bertz CT molecular complexity index is 312. The fourth-order valence-corrected chi connectivity index (χ4v) is 1.10. The van der Waals surface area contributed by atoms with Crippen LogP contribution in [0.1, 0.15) is 5.82 Å². The Kier molecular flexibility index (Phi) is 4.69. The number of ether oxygens (including phenoxy) is 1. The third kappa shape index (κ3) is 4.58. The number of methoxy groups -OCH3 is 1. The summed E-state index contributed by atoms with van der Waals surface area (Å²) in [5.74, 6) is 0.258. The van der Waals surface area contributed by atoms with Crippen molar-refractivity contribution < 1.29 is 17.9 Å². The first-order valence-corrected chi connectivity index (χ1v) is 4.66. The van der Waals surface area contributed by atoms with Crippen molar-refractivity contribution in [1.29, 1.82) is 0 Å². The SMILES string of the molecule is COCCNCc1ncnn1CC(F)(F)F. The summed E-state index contributed by atoms with van der Waals surface area (Å²) in [7, 11) is 1.55. The molecule has 92 valence electrons. The monoisotopic (exact) mass is 238 g/mol. The first kappa shape index (κ1) is 12.9. The molecular weight excluding hydrogens is 225 g/mol. The molecule has 1 rings (SSSR count). The number of nitrogens with one attached hydrogen (secondary N) is 1. The van der Waals surface area contributed by atoms with E-state index in [0.29, 0.717) is 13.2 Å². The van der Waals surface area contributed by atoms with Crippen LogP contribution in [0.5, 0.6) is 0 Å². The molecule has 0 fully saturated rings. The molecule has 1 heterocycles. The van der Waals surface area contributed by atoms with Crippen LogP contribution in [-0.4, -0.2) is 41.2 Å². The lowest BCUT2D eigenvalue weighted by Crippen LogP contribution is -2.25. The summed E-state index contributed by atoms with van der Waals surface area (Å²) in [5, 5.41) is 6.41. The van der Waals surface area contributed by atoms with Gasteiger partial charge in [-0.15, -0.1) is 0 Å². The Morgan fingerprint density at radius 2 is 2.25 bits per heavy atom. The third-order valence-corrected chi connectivity index (χ3v) is 1.79. The van der Waals surface area contributed by atoms with Gasteiger partial charge in [0.05, 0.1) is 13.2 Å². The smallest absolute Gasteiger partial charge is 0.383 e. The minimum Gasteiger partial charge on any atom is -0.383 e. The van der Waals surface area contributed by atoms with E-state index in [9.17, 15) is 13.2 Å². The predicted molar refractivity (Wildman–Crippen MR) is 49.7 cm³/mol. The highest BCUT2D eigenvalue weighted by atomic mass is 19.4. The molecule has 1 aromatic heterocycles. The minimum atomic E-state index is -4.28. The molecule has 1 aromatic rings. The Labute approximate surface area is 90.6 Å². The summed E-state index contributed by atoms with van der Waals surface area (Å²) < 4.78 is 42.0. The number of hydrogen-bond acceptors (Lipinski definition) is 4. The fraction of sp³-hybridized carbons (Fsp3) is 0.750. The van der Waals surface area contributed by atoms with E-state index in [0.717, 1.165) is 11.0 Å². The molecule has 0 saturated heterocycles. The molecule has 16 heavy (non-hydrogen) atoms. The van der Waals surface area contributed by atoms with Crippen LogP contribution in [0.15, 0.2) is 6.33 Å². The average Bonchev–Trinajstić information content (AvgIpc) is 2.58. The van der Waals surface area contributed by atoms with Crippen LogP contribution in [0.2, 0.25) is 0 Å². The fourth-order valence-electron chi connectivity index (χ4n) is 1.10. The first-order valence-electron chi connectivity index (χ1n) is 4.66. The first-order chi connectivity index (χ1) is 7.53. The molecule has 0 unspecified atom stereocenters. The zero-order valence-corrected chi connectivity index (χ0v) is 8.79. The molecule has 0 aliphatic heterocycles. The number of aromatic nitrogens is 3. The molecule has 0 atom stereocenters. The van der Waals surface area contributed by atoms with Crippen molar-refractivity contribution in [2.24, 2.45) is 0 Å². The van der Waals surface area contributed by atoms with E-state index < -0.39 is 12.7 Å². The quantitative estimate of drug-likeness (QED) is 0.736. The van der Waals surface area contributed by atoms with E-state index in [-0.39, 0.29) is 12.4 Å². The van der Waals surface area contributed by atoms with Gasteiger partial charge in [0.1, 0.15) is 18.7 Å². The van der Waals surface area contributed by atoms with Crippen molar-refractivity contribution in [2.45, 2.75) is 19.3 Å². The van der Waals surface area contributed by atoms with Crippen molar-refractivity contribution in [1.82, 2.24) is 20.1 Å². The molecule has 0 amide bonds. The second-order valence-electron chi connectivity index (χ2n) is 3.12. The van der Waals surface area contributed by atoms with Crippen molar-refractivity contribution in [3.8, 4) is 0 Å². The maximum absolute atomic E-state index is 12.1. The highest BCUT2D eigenvalue weighted by Gasteiger charge is 2.29. The van der Waals surface area contributed by atoms with Gasteiger partial charge >= 0.3 is 6.18 Å². The summed E-state index contributed by atoms with van der Waals surface area (Å²) in [4.78, 5) is 3.75. The van der Waals surface area contributed by atoms with Gasteiger partial charge in [-0.2, -0.15) is 18.3 Å². The van der Waals surface area contributed by atoms with E-state index in [1.165, 1.54) is 0 Å². The minimum absolute atomic E-state index is 0.236. The van der Waals surface area contributed by atoms with Gasteiger partial charge in [-0.3, -0.25) is 0 Å². The van der Waals surface area contributed by atoms with Crippen molar-refractivity contribution in [2.75, 3.05) is 20.3 Å². The van der Waals surface area contributed by atoms with Gasteiger partial charge in [0.15, 0.2) is 0 Å². The Balaban J connectivity index is 2.44. The summed E-state index contributed by atoms with van der Waals surface area (Å²) in [6.45, 7) is 0.163. The number of alkyl halides is 3. The molecule has 0 radical (unpaired) electrons. The number of hydrogen-bond donors (Lipinski definition) is 1. The maximum atomic E-state index is 12.1. The molecule has 5 nitrogen and oxygen atoms in total. The van der Waals surface area contributed by atoms with Crippen LogP contribution in [0.4, 0.5) is 13.2 Å². The maximum Gasteiger partial charge on any atom is 0.408 e. The van der Waals surface area contributed by atoms with Crippen LogP contribution in [-0.2, 0) is 17.8 Å². The van der Waals surface area contributed by atoms with Gasteiger partial charge in [0.2, 0.25) is 0 Å². The lowest BCUT2D eigenvalue weighted by molar-refractivity contribution is -0.143. The van der Waals surface area contributed by atoms with Gasteiger partial charge in [-0.05, 0) is 0 Å². The molecule has 8 heteroatoms. The number of rotatable bonds is 6. The predicted octanol–water partition coefficient (Wildman–Crippen LogP) is 0.576. The molecule has 0 aliphatic rings. The largest absolute Gasteiger partial charge is 0.408 e. The third-order valence-electron chi connectivity index (χ3n) is 1.79. The zero-order valence-electron chi connectivity index (χ0n) is 8.79. The zero-order chi connectivity index (χ0) is 12.0. The summed E-state index contributed by atoms with van der Waals surface area (Å²) in [6.07, 6.45) is -3.17. The van der Waals surface area contributed by atoms with Gasteiger partial charge in [-0.25, -0.2) is 9.67 Å². The van der Waals surface area contributed by atoms with Crippen LogP contribution >= 0.6 is 0 Å². The lowest BCUT2D eigenvalue weighted by Gasteiger charge is -2.09. The second kappa shape index (κ2) is 5.80. The van der Waals surface area contributed by atoms with Crippen molar-refractivity contribution in [3.63, 3.8) is 0 Å².